The summed E-state index contributed by atoms with van der Waals surface area (Å²) in [6, 6.07) is 13.0. The maximum absolute atomic E-state index is 9.52. The summed E-state index contributed by atoms with van der Waals surface area (Å²) < 4.78 is 17.5. The Morgan fingerprint density at radius 1 is 1.17 bits per heavy atom. The van der Waals surface area contributed by atoms with Gasteiger partial charge in [-0.25, -0.2) is 0 Å². The lowest BCUT2D eigenvalue weighted by atomic mass is 9.92. The first kappa shape index (κ1) is 19.4. The Hall–Kier alpha value is -2.91. The molecule has 0 spiro atoms. The van der Waals surface area contributed by atoms with Crippen LogP contribution in [-0.2, 0) is 6.61 Å². The Morgan fingerprint density at radius 3 is 2.66 bits per heavy atom. The first-order valence-electron chi connectivity index (χ1n) is 9.65. The summed E-state index contributed by atoms with van der Waals surface area (Å²) in [5, 5.41) is 10.1. The Kier molecular flexibility index (Phi) is 5.50. The van der Waals surface area contributed by atoms with Crippen molar-refractivity contribution >= 4 is 17.5 Å². The van der Waals surface area contributed by atoms with E-state index in [1.807, 2.05) is 12.1 Å². The van der Waals surface area contributed by atoms with E-state index in [0.29, 0.717) is 45.9 Å². The Balaban J connectivity index is 1.51. The van der Waals surface area contributed by atoms with Crippen molar-refractivity contribution in [3.05, 3.63) is 52.9 Å². The molecule has 2 aromatic heterocycles. The van der Waals surface area contributed by atoms with Crippen LogP contribution < -0.4 is 9.64 Å². The number of hydrogen-bond donors (Lipinski definition) is 0. The van der Waals surface area contributed by atoms with Crippen molar-refractivity contribution in [2.75, 3.05) is 18.0 Å². The number of hydrogen-bond acceptors (Lipinski definition) is 6. The molecule has 0 N–H and O–H groups in total. The highest BCUT2D eigenvalue weighted by atomic mass is 35.5. The summed E-state index contributed by atoms with van der Waals surface area (Å²) in [6.07, 6.45) is 1.17. The van der Waals surface area contributed by atoms with Crippen molar-refractivity contribution in [1.29, 1.82) is 5.26 Å². The third-order valence-electron chi connectivity index (χ3n) is 4.95. The first-order chi connectivity index (χ1) is 14.0. The quantitative estimate of drug-likeness (QED) is 0.550. The smallest absolute Gasteiger partial charge is 0.266 e. The molecule has 29 heavy (non-hydrogen) atoms. The molecule has 1 fully saturated rings. The van der Waals surface area contributed by atoms with Crippen LogP contribution in [-0.4, -0.2) is 18.1 Å². The summed E-state index contributed by atoms with van der Waals surface area (Å²) in [5.41, 5.74) is 0.284. The zero-order valence-electron chi connectivity index (χ0n) is 16.4. The highest BCUT2D eigenvalue weighted by Crippen LogP contribution is 2.33. The van der Waals surface area contributed by atoms with Crippen LogP contribution in [0.15, 0.2) is 45.2 Å². The van der Waals surface area contributed by atoms with Gasteiger partial charge in [-0.1, -0.05) is 37.6 Å². The van der Waals surface area contributed by atoms with Gasteiger partial charge in [0.1, 0.15) is 24.2 Å². The van der Waals surface area contributed by atoms with Crippen LogP contribution in [0.3, 0.4) is 0 Å². The number of piperidine rings is 1. The van der Waals surface area contributed by atoms with E-state index in [1.165, 1.54) is 6.42 Å². The number of para-hydroxylation sites is 1. The van der Waals surface area contributed by atoms with Gasteiger partial charge in [0.15, 0.2) is 5.76 Å². The van der Waals surface area contributed by atoms with Crippen LogP contribution in [0.1, 0.15) is 31.7 Å². The molecule has 1 aliphatic heterocycles. The van der Waals surface area contributed by atoms with Gasteiger partial charge in [0, 0.05) is 13.1 Å². The van der Waals surface area contributed by atoms with Crippen molar-refractivity contribution in [3.8, 4) is 23.5 Å². The molecule has 7 heteroatoms. The Bertz CT molecular complexity index is 1030. The van der Waals surface area contributed by atoms with Gasteiger partial charge in [-0.3, -0.25) is 0 Å². The van der Waals surface area contributed by atoms with Crippen LogP contribution in [0, 0.1) is 23.2 Å². The molecule has 1 aromatic carbocycles. The average molecular weight is 412 g/mol. The number of anilines is 1. The summed E-state index contributed by atoms with van der Waals surface area (Å²) >= 11 is 6.11. The lowest BCUT2D eigenvalue weighted by Gasteiger charge is -2.34. The fourth-order valence-electron chi connectivity index (χ4n) is 3.81. The standard InChI is InChI=1S/C22H22ClN3O3/c1-14-9-15(2)12-26(11-14)22-18(10-24)25-21(29-22)20-8-7-16(28-20)13-27-19-6-4-3-5-17(19)23/h3-8,14-15H,9,11-13H2,1-2H3/t14-,15-/m1/s1. The van der Waals surface area contributed by atoms with E-state index in [9.17, 15) is 5.26 Å². The van der Waals surface area contributed by atoms with Crippen molar-refractivity contribution in [2.45, 2.75) is 26.9 Å². The molecular weight excluding hydrogens is 390 g/mol. The normalized spacial score (nSPS) is 19.2. The summed E-state index contributed by atoms with van der Waals surface area (Å²) in [5.74, 6) is 3.55. The highest BCUT2D eigenvalue weighted by molar-refractivity contribution is 6.32. The van der Waals surface area contributed by atoms with Crippen LogP contribution in [0.5, 0.6) is 5.75 Å². The molecule has 0 saturated carbocycles. The van der Waals surface area contributed by atoms with Gasteiger partial charge in [-0.2, -0.15) is 10.2 Å². The van der Waals surface area contributed by atoms with E-state index in [1.54, 1.807) is 24.3 Å². The van der Waals surface area contributed by atoms with Gasteiger partial charge >= 0.3 is 0 Å². The van der Waals surface area contributed by atoms with Gasteiger partial charge in [-0.15, -0.1) is 0 Å². The summed E-state index contributed by atoms with van der Waals surface area (Å²) in [4.78, 5) is 6.45. The number of benzene rings is 1. The lowest BCUT2D eigenvalue weighted by Crippen LogP contribution is -2.38. The van der Waals surface area contributed by atoms with Crippen LogP contribution in [0.2, 0.25) is 5.02 Å². The number of nitrogens with zero attached hydrogens (tertiary/aromatic N) is 3. The molecule has 2 atom stereocenters. The first-order valence-corrected chi connectivity index (χ1v) is 10.0. The molecule has 0 radical (unpaired) electrons. The van der Waals surface area contributed by atoms with Crippen LogP contribution >= 0.6 is 11.6 Å². The van der Waals surface area contributed by atoms with E-state index >= 15 is 0 Å². The fourth-order valence-corrected chi connectivity index (χ4v) is 4.00. The third kappa shape index (κ3) is 4.25. The molecule has 1 saturated heterocycles. The van der Waals surface area contributed by atoms with Gasteiger partial charge in [0.2, 0.25) is 11.6 Å². The number of rotatable bonds is 5. The second-order valence-corrected chi connectivity index (χ2v) is 8.03. The molecule has 3 aromatic rings. The summed E-state index contributed by atoms with van der Waals surface area (Å²) in [6.45, 7) is 6.35. The number of aromatic nitrogens is 1. The van der Waals surface area contributed by atoms with Crippen LogP contribution in [0.4, 0.5) is 5.88 Å². The molecule has 3 heterocycles. The minimum absolute atomic E-state index is 0.226. The molecule has 4 rings (SSSR count). The zero-order chi connectivity index (χ0) is 20.4. The summed E-state index contributed by atoms with van der Waals surface area (Å²) in [7, 11) is 0. The maximum Gasteiger partial charge on any atom is 0.266 e. The molecule has 0 aliphatic carbocycles. The van der Waals surface area contributed by atoms with E-state index in [2.05, 4.69) is 29.8 Å². The second kappa shape index (κ2) is 8.22. The topological polar surface area (TPSA) is 75.4 Å². The molecule has 0 unspecified atom stereocenters. The van der Waals surface area contributed by atoms with Crippen molar-refractivity contribution < 1.29 is 13.6 Å². The average Bonchev–Trinajstić information content (AvgIpc) is 3.33. The molecule has 6 nitrogen and oxygen atoms in total. The molecule has 0 bridgehead atoms. The van der Waals surface area contributed by atoms with Gasteiger partial charge in [0.05, 0.1) is 5.02 Å². The predicted molar refractivity (Wildman–Crippen MR) is 110 cm³/mol. The van der Waals surface area contributed by atoms with Gasteiger partial charge in [0.25, 0.3) is 5.89 Å². The number of nitriles is 1. The Labute approximate surface area is 174 Å². The molecule has 150 valence electrons. The van der Waals surface area contributed by atoms with Crippen LogP contribution in [0.25, 0.3) is 11.7 Å². The number of halogens is 1. The molecule has 0 amide bonds. The lowest BCUT2D eigenvalue weighted by molar-refractivity contribution is 0.271. The maximum atomic E-state index is 9.52. The minimum Gasteiger partial charge on any atom is -0.484 e. The van der Waals surface area contributed by atoms with E-state index < -0.39 is 0 Å². The highest BCUT2D eigenvalue weighted by Gasteiger charge is 2.28. The largest absolute Gasteiger partial charge is 0.484 e. The number of furan rings is 1. The zero-order valence-corrected chi connectivity index (χ0v) is 17.1. The Morgan fingerprint density at radius 2 is 1.93 bits per heavy atom. The SMILES string of the molecule is C[C@@H]1C[C@@H](C)CN(c2oc(-c3ccc(COc4ccccc4Cl)o3)nc2C#N)C1. The monoisotopic (exact) mass is 411 g/mol. The van der Waals surface area contributed by atoms with Crippen molar-refractivity contribution in [2.24, 2.45) is 11.8 Å². The van der Waals surface area contributed by atoms with Gasteiger partial charge in [-0.05, 0) is 42.5 Å². The number of oxazole rings is 1. The minimum atomic E-state index is 0.226. The predicted octanol–water partition coefficient (Wildman–Crippen LogP) is 5.52. The van der Waals surface area contributed by atoms with Gasteiger partial charge < -0.3 is 18.5 Å². The van der Waals surface area contributed by atoms with E-state index in [0.717, 1.165) is 13.1 Å². The van der Waals surface area contributed by atoms with Crippen molar-refractivity contribution in [1.82, 2.24) is 4.98 Å². The second-order valence-electron chi connectivity index (χ2n) is 7.62. The van der Waals surface area contributed by atoms with E-state index in [-0.39, 0.29) is 12.3 Å². The third-order valence-corrected chi connectivity index (χ3v) is 5.26. The molecular formula is C22H22ClN3O3. The molecule has 1 aliphatic rings. The van der Waals surface area contributed by atoms with Crippen molar-refractivity contribution in [3.63, 3.8) is 0 Å². The fraction of sp³-hybridized carbons (Fsp3) is 0.364. The van der Waals surface area contributed by atoms with E-state index in [4.69, 9.17) is 25.2 Å². The number of ether oxygens (including phenoxy) is 1.